The molecule has 0 saturated carbocycles. The molecular weight excluding hydrogens is 488 g/mol. The lowest BCUT2D eigenvalue weighted by molar-refractivity contribution is -0.120. The second-order valence-electron chi connectivity index (χ2n) is 9.15. The molecule has 190 valence electrons. The summed E-state index contributed by atoms with van der Waals surface area (Å²) in [6.45, 7) is 7.90. The molecule has 3 aromatic carbocycles. The Kier molecular flexibility index (Phi) is 7.79. The van der Waals surface area contributed by atoms with E-state index in [9.17, 15) is 14.4 Å². The highest BCUT2D eigenvalue weighted by molar-refractivity contribution is 6.53. The average molecular weight is 517 g/mol. The van der Waals surface area contributed by atoms with E-state index in [1.54, 1.807) is 36.4 Å². The van der Waals surface area contributed by atoms with Gasteiger partial charge in [0.25, 0.3) is 11.8 Å². The van der Waals surface area contributed by atoms with Crippen LogP contribution in [0.2, 0.25) is 0 Å². The minimum absolute atomic E-state index is 0.0111. The molecule has 6 nitrogen and oxygen atoms in total. The monoisotopic (exact) mass is 516 g/mol. The van der Waals surface area contributed by atoms with Crippen molar-refractivity contribution in [2.45, 2.75) is 47.0 Å². The van der Waals surface area contributed by atoms with Gasteiger partial charge in [-0.1, -0.05) is 49.2 Å². The number of hydrogen-bond donors (Lipinski definition) is 1. The van der Waals surface area contributed by atoms with E-state index in [0.29, 0.717) is 22.7 Å². The highest BCUT2D eigenvalue weighted by atomic mass is 35.5. The Morgan fingerprint density at radius 3 is 2.19 bits per heavy atom. The standard InChI is InChI=1S/C30H29ClN2O4/c1-5-6-7-21-10-16-24(17-11-21)33-28(34)25(31)26(29(33)35)32-23-14-12-22(13-15-23)30(36)37-27-19(3)9-8-18(2)20(27)4/h8-17,32H,5-7H2,1-4H3. The van der Waals surface area contributed by atoms with Gasteiger partial charge >= 0.3 is 5.97 Å². The van der Waals surface area contributed by atoms with Crippen molar-refractivity contribution in [3.05, 3.63) is 99.2 Å². The van der Waals surface area contributed by atoms with Crippen LogP contribution in [-0.2, 0) is 16.0 Å². The molecule has 1 heterocycles. The van der Waals surface area contributed by atoms with Crippen LogP contribution in [0.25, 0.3) is 0 Å². The number of esters is 1. The van der Waals surface area contributed by atoms with E-state index in [1.165, 1.54) is 0 Å². The number of ether oxygens (including phenoxy) is 1. The Labute approximate surface area is 221 Å². The number of nitrogens with one attached hydrogen (secondary N) is 1. The second-order valence-corrected chi connectivity index (χ2v) is 9.53. The van der Waals surface area contributed by atoms with Gasteiger partial charge in [-0.15, -0.1) is 0 Å². The topological polar surface area (TPSA) is 75.7 Å². The van der Waals surface area contributed by atoms with Crippen molar-refractivity contribution in [2.75, 3.05) is 10.2 Å². The van der Waals surface area contributed by atoms with Crippen LogP contribution in [0.15, 0.2) is 71.4 Å². The Balaban J connectivity index is 1.46. The Morgan fingerprint density at radius 2 is 1.54 bits per heavy atom. The van der Waals surface area contributed by atoms with Gasteiger partial charge < -0.3 is 10.1 Å². The zero-order chi connectivity index (χ0) is 26.7. The van der Waals surface area contributed by atoms with Gasteiger partial charge in [0.05, 0.1) is 11.3 Å². The molecule has 0 atom stereocenters. The number of amides is 2. The first-order valence-corrected chi connectivity index (χ1v) is 12.6. The van der Waals surface area contributed by atoms with Crippen LogP contribution in [0.3, 0.4) is 0 Å². The SMILES string of the molecule is CCCCc1ccc(N2C(=O)C(Cl)=C(Nc3ccc(C(=O)Oc4c(C)ccc(C)c4C)cc3)C2=O)cc1. The third kappa shape index (κ3) is 5.44. The zero-order valence-electron chi connectivity index (χ0n) is 21.4. The number of unbranched alkanes of at least 4 members (excludes halogenated alkanes) is 1. The normalized spacial score (nSPS) is 13.4. The minimum Gasteiger partial charge on any atom is -0.422 e. The average Bonchev–Trinajstić information content (AvgIpc) is 3.11. The van der Waals surface area contributed by atoms with Gasteiger partial charge in [-0.05, 0) is 92.3 Å². The lowest BCUT2D eigenvalue weighted by atomic mass is 10.1. The Bertz CT molecular complexity index is 1390. The van der Waals surface area contributed by atoms with E-state index in [1.807, 2.05) is 45.0 Å². The van der Waals surface area contributed by atoms with Crippen LogP contribution < -0.4 is 15.0 Å². The summed E-state index contributed by atoms with van der Waals surface area (Å²) in [6, 6.07) is 17.7. The first-order valence-electron chi connectivity index (χ1n) is 12.2. The first kappa shape index (κ1) is 26.2. The quantitative estimate of drug-likeness (QED) is 0.207. The van der Waals surface area contributed by atoms with Crippen molar-refractivity contribution in [3.8, 4) is 5.75 Å². The number of hydrogen-bond acceptors (Lipinski definition) is 5. The molecule has 0 fully saturated rings. The molecule has 1 aliphatic rings. The molecule has 3 aromatic rings. The largest absolute Gasteiger partial charge is 0.422 e. The zero-order valence-corrected chi connectivity index (χ0v) is 22.1. The maximum atomic E-state index is 13.1. The Morgan fingerprint density at radius 1 is 0.892 bits per heavy atom. The van der Waals surface area contributed by atoms with Crippen molar-refractivity contribution < 1.29 is 19.1 Å². The lowest BCUT2D eigenvalue weighted by Crippen LogP contribution is -2.32. The number of halogens is 1. The van der Waals surface area contributed by atoms with Gasteiger partial charge in [-0.3, -0.25) is 9.59 Å². The molecule has 0 aromatic heterocycles. The second kappa shape index (κ2) is 11.0. The molecule has 0 saturated heterocycles. The summed E-state index contributed by atoms with van der Waals surface area (Å²) in [5.41, 5.74) is 5.28. The summed E-state index contributed by atoms with van der Waals surface area (Å²) < 4.78 is 5.66. The van der Waals surface area contributed by atoms with Gasteiger partial charge in [-0.25, -0.2) is 9.69 Å². The van der Waals surface area contributed by atoms with Gasteiger partial charge in [0, 0.05) is 5.69 Å². The highest BCUT2D eigenvalue weighted by Crippen LogP contribution is 2.31. The molecule has 1 aliphatic heterocycles. The van der Waals surface area contributed by atoms with Gasteiger partial charge in [-0.2, -0.15) is 0 Å². The van der Waals surface area contributed by atoms with Crippen molar-refractivity contribution in [3.63, 3.8) is 0 Å². The molecule has 37 heavy (non-hydrogen) atoms. The molecule has 0 bridgehead atoms. The summed E-state index contributed by atoms with van der Waals surface area (Å²) in [5, 5.41) is 2.75. The van der Waals surface area contributed by atoms with Gasteiger partial charge in [0.15, 0.2) is 0 Å². The summed E-state index contributed by atoms with van der Waals surface area (Å²) in [5.74, 6) is -1.05. The van der Waals surface area contributed by atoms with Crippen molar-refractivity contribution in [1.82, 2.24) is 0 Å². The fraction of sp³-hybridized carbons (Fsp3) is 0.233. The van der Waals surface area contributed by atoms with Crippen LogP contribution in [0.5, 0.6) is 5.75 Å². The fourth-order valence-electron chi connectivity index (χ4n) is 4.11. The molecule has 0 spiro atoms. The van der Waals surface area contributed by atoms with Gasteiger partial charge in [0.1, 0.15) is 16.5 Å². The number of anilines is 2. The third-order valence-electron chi connectivity index (χ3n) is 6.50. The number of nitrogens with zero attached hydrogens (tertiary/aromatic N) is 1. The predicted octanol–water partition coefficient (Wildman–Crippen LogP) is 6.61. The van der Waals surface area contributed by atoms with E-state index in [2.05, 4.69) is 12.2 Å². The molecule has 4 rings (SSSR count). The molecule has 0 radical (unpaired) electrons. The maximum Gasteiger partial charge on any atom is 0.343 e. The minimum atomic E-state index is -0.584. The Hall–Kier alpha value is -3.90. The first-order chi connectivity index (χ1) is 17.7. The summed E-state index contributed by atoms with van der Waals surface area (Å²) in [6.07, 6.45) is 3.11. The number of carbonyl (C=O) groups excluding carboxylic acids is 3. The fourth-order valence-corrected chi connectivity index (χ4v) is 4.32. The summed E-state index contributed by atoms with van der Waals surface area (Å²) in [7, 11) is 0. The van der Waals surface area contributed by atoms with E-state index in [-0.39, 0.29) is 10.7 Å². The molecule has 1 N–H and O–H groups in total. The number of benzene rings is 3. The van der Waals surface area contributed by atoms with Crippen molar-refractivity contribution in [2.24, 2.45) is 0 Å². The molecule has 0 aliphatic carbocycles. The smallest absolute Gasteiger partial charge is 0.343 e. The molecule has 2 amide bonds. The summed E-state index contributed by atoms with van der Waals surface area (Å²) in [4.78, 5) is 39.7. The van der Waals surface area contributed by atoms with Crippen LogP contribution >= 0.6 is 11.6 Å². The van der Waals surface area contributed by atoms with Crippen molar-refractivity contribution >= 4 is 40.8 Å². The molecule has 0 unspecified atom stereocenters. The lowest BCUT2D eigenvalue weighted by Gasteiger charge is -2.16. The van der Waals surface area contributed by atoms with Crippen LogP contribution in [0.1, 0.15) is 52.4 Å². The predicted molar refractivity (Wildman–Crippen MR) is 146 cm³/mol. The van der Waals surface area contributed by atoms with Gasteiger partial charge in [0.2, 0.25) is 0 Å². The summed E-state index contributed by atoms with van der Waals surface area (Å²) >= 11 is 6.26. The van der Waals surface area contributed by atoms with E-state index in [0.717, 1.165) is 46.4 Å². The van der Waals surface area contributed by atoms with Crippen LogP contribution in [0, 0.1) is 20.8 Å². The molecular formula is C30H29ClN2O4. The van der Waals surface area contributed by atoms with Crippen LogP contribution in [-0.4, -0.2) is 17.8 Å². The number of imide groups is 1. The van der Waals surface area contributed by atoms with Crippen molar-refractivity contribution in [1.29, 1.82) is 0 Å². The van der Waals surface area contributed by atoms with E-state index < -0.39 is 17.8 Å². The third-order valence-corrected chi connectivity index (χ3v) is 6.85. The highest BCUT2D eigenvalue weighted by Gasteiger charge is 2.39. The number of aryl methyl sites for hydroxylation is 3. The van der Waals surface area contributed by atoms with E-state index >= 15 is 0 Å². The maximum absolute atomic E-state index is 13.1. The number of carbonyl (C=O) groups is 3. The molecule has 7 heteroatoms. The number of rotatable bonds is 8. The van der Waals surface area contributed by atoms with E-state index in [4.69, 9.17) is 16.3 Å². The van der Waals surface area contributed by atoms with Crippen LogP contribution in [0.4, 0.5) is 11.4 Å².